The van der Waals surface area contributed by atoms with Gasteiger partial charge < -0.3 is 15.5 Å². The van der Waals surface area contributed by atoms with Crippen LogP contribution in [0, 0.1) is 6.92 Å². The molecule has 0 saturated carbocycles. The van der Waals surface area contributed by atoms with Gasteiger partial charge >= 0.3 is 0 Å². The van der Waals surface area contributed by atoms with Gasteiger partial charge in [0.2, 0.25) is 11.1 Å². The molecule has 0 radical (unpaired) electrons. The van der Waals surface area contributed by atoms with E-state index in [0.717, 1.165) is 22.4 Å². The second-order valence-electron chi connectivity index (χ2n) is 8.36. The average Bonchev–Trinajstić information content (AvgIpc) is 3.32. The number of hydrogen-bond acceptors (Lipinski definition) is 6. The molecule has 5 rings (SSSR count). The van der Waals surface area contributed by atoms with Crippen LogP contribution in [0.4, 0.5) is 0 Å². The number of benzene rings is 3. The number of aryl methyl sites for hydroxylation is 1. The Kier molecular flexibility index (Phi) is 6.72. The number of fused-ring (bicyclic) bond motifs is 1. The van der Waals surface area contributed by atoms with E-state index in [1.54, 1.807) is 0 Å². The first kappa shape index (κ1) is 23.0. The number of carbonyl (C=O) groups excluding carboxylic acids is 1. The summed E-state index contributed by atoms with van der Waals surface area (Å²) in [6.45, 7) is 5.08. The fourth-order valence-corrected chi connectivity index (χ4v) is 5.12. The van der Waals surface area contributed by atoms with Crippen LogP contribution in [0.5, 0.6) is 5.75 Å². The molecule has 1 amide bonds. The molecular weight excluding hydrogens is 458 g/mol. The van der Waals surface area contributed by atoms with Gasteiger partial charge in [-0.25, -0.2) is 4.68 Å². The summed E-state index contributed by atoms with van der Waals surface area (Å²) in [7, 11) is 0. The molecule has 2 heterocycles. The number of carbonyl (C=O) groups is 1. The molecule has 3 aromatic carbocycles. The van der Waals surface area contributed by atoms with Crippen LogP contribution in [0.1, 0.15) is 29.7 Å². The predicted octanol–water partition coefficient (Wildman–Crippen LogP) is 4.73. The third-order valence-electron chi connectivity index (χ3n) is 5.86. The van der Waals surface area contributed by atoms with Gasteiger partial charge in [-0.05, 0) is 37.1 Å². The van der Waals surface area contributed by atoms with E-state index in [1.807, 2.05) is 85.3 Å². The standard InChI is InChI=1S/C27H27N5O2S/c1-3-34-22-15-13-20(14-16-22)23-24(26(33)28-17-19-11-9-18(2)10-12-19)35-27-30-29-25(32(27)31-23)21-7-5-4-6-8-21/h4-16,23-24,31H,3,17H2,1-2H3,(H,28,33). The number of thioether (sulfide) groups is 1. The highest BCUT2D eigenvalue weighted by Crippen LogP contribution is 2.39. The zero-order valence-electron chi connectivity index (χ0n) is 19.6. The fourth-order valence-electron chi connectivity index (χ4n) is 4.01. The summed E-state index contributed by atoms with van der Waals surface area (Å²) in [6, 6.07) is 25.7. The van der Waals surface area contributed by atoms with E-state index in [2.05, 4.69) is 33.1 Å². The number of nitrogens with zero attached hydrogens (tertiary/aromatic N) is 3. The van der Waals surface area contributed by atoms with Crippen molar-refractivity contribution in [1.29, 1.82) is 0 Å². The van der Waals surface area contributed by atoms with Crippen molar-refractivity contribution in [2.75, 3.05) is 12.0 Å². The Morgan fingerprint density at radius 1 is 1.03 bits per heavy atom. The molecule has 1 aromatic heterocycles. The fraction of sp³-hybridized carbons (Fsp3) is 0.222. The summed E-state index contributed by atoms with van der Waals surface area (Å²) in [5, 5.41) is 12.1. The summed E-state index contributed by atoms with van der Waals surface area (Å²) in [5.41, 5.74) is 7.70. The van der Waals surface area contributed by atoms with Crippen LogP contribution in [0.3, 0.4) is 0 Å². The molecule has 2 N–H and O–H groups in total. The van der Waals surface area contributed by atoms with E-state index in [1.165, 1.54) is 17.3 Å². The summed E-state index contributed by atoms with van der Waals surface area (Å²) in [5.74, 6) is 1.45. The van der Waals surface area contributed by atoms with Gasteiger partial charge in [0, 0.05) is 12.1 Å². The van der Waals surface area contributed by atoms with Gasteiger partial charge in [-0.2, -0.15) is 0 Å². The van der Waals surface area contributed by atoms with E-state index in [4.69, 9.17) is 4.74 Å². The van der Waals surface area contributed by atoms with Gasteiger partial charge in [0.05, 0.1) is 12.6 Å². The topological polar surface area (TPSA) is 81.1 Å². The number of hydrogen-bond donors (Lipinski definition) is 2. The lowest BCUT2D eigenvalue weighted by Gasteiger charge is -2.33. The quantitative estimate of drug-likeness (QED) is 0.394. The maximum absolute atomic E-state index is 13.4. The lowest BCUT2D eigenvalue weighted by atomic mass is 10.0. The number of amides is 1. The third-order valence-corrected chi connectivity index (χ3v) is 7.08. The van der Waals surface area contributed by atoms with Gasteiger partial charge in [0.1, 0.15) is 11.0 Å². The van der Waals surface area contributed by atoms with Crippen LogP contribution in [-0.4, -0.2) is 32.6 Å². The van der Waals surface area contributed by atoms with Crippen molar-refractivity contribution in [2.24, 2.45) is 0 Å². The number of nitrogens with one attached hydrogen (secondary N) is 2. The van der Waals surface area contributed by atoms with Crippen molar-refractivity contribution in [2.45, 2.75) is 36.8 Å². The van der Waals surface area contributed by atoms with Crippen molar-refractivity contribution < 1.29 is 9.53 Å². The Morgan fingerprint density at radius 3 is 2.49 bits per heavy atom. The maximum atomic E-state index is 13.4. The van der Waals surface area contributed by atoms with Crippen molar-refractivity contribution in [3.63, 3.8) is 0 Å². The molecule has 35 heavy (non-hydrogen) atoms. The molecule has 2 unspecified atom stereocenters. The minimum Gasteiger partial charge on any atom is -0.494 e. The second-order valence-corrected chi connectivity index (χ2v) is 9.47. The van der Waals surface area contributed by atoms with E-state index in [9.17, 15) is 4.79 Å². The number of aromatic nitrogens is 3. The molecule has 1 aliphatic rings. The van der Waals surface area contributed by atoms with Gasteiger partial charge in [0.15, 0.2) is 5.82 Å². The molecule has 0 aliphatic carbocycles. The molecule has 7 nitrogen and oxygen atoms in total. The van der Waals surface area contributed by atoms with Crippen molar-refractivity contribution in [3.8, 4) is 17.1 Å². The Balaban J connectivity index is 1.44. The van der Waals surface area contributed by atoms with Crippen molar-refractivity contribution in [3.05, 3.63) is 95.6 Å². The SMILES string of the molecule is CCOc1ccc(C2Nn3c(nnc3-c3ccccc3)SC2C(=O)NCc2ccc(C)cc2)cc1. The van der Waals surface area contributed by atoms with E-state index in [0.29, 0.717) is 24.1 Å². The normalized spacial score (nSPS) is 16.7. The second kappa shape index (κ2) is 10.2. The van der Waals surface area contributed by atoms with E-state index >= 15 is 0 Å². The van der Waals surface area contributed by atoms with E-state index in [-0.39, 0.29) is 11.9 Å². The van der Waals surface area contributed by atoms with Gasteiger partial charge in [-0.3, -0.25) is 4.79 Å². The van der Waals surface area contributed by atoms with Crippen LogP contribution in [0.25, 0.3) is 11.4 Å². The third kappa shape index (κ3) is 5.02. The first-order valence-corrected chi connectivity index (χ1v) is 12.5. The first-order valence-electron chi connectivity index (χ1n) is 11.6. The monoisotopic (exact) mass is 485 g/mol. The summed E-state index contributed by atoms with van der Waals surface area (Å²) >= 11 is 1.42. The zero-order valence-corrected chi connectivity index (χ0v) is 20.5. The van der Waals surface area contributed by atoms with Gasteiger partial charge in [0.25, 0.3) is 0 Å². The summed E-state index contributed by atoms with van der Waals surface area (Å²) in [4.78, 5) is 13.4. The molecule has 4 aromatic rings. The first-order chi connectivity index (χ1) is 17.1. The molecule has 0 fully saturated rings. The molecule has 0 saturated heterocycles. The van der Waals surface area contributed by atoms with E-state index < -0.39 is 5.25 Å². The molecule has 0 bridgehead atoms. The van der Waals surface area contributed by atoms with Gasteiger partial charge in [-0.1, -0.05) is 84.1 Å². The van der Waals surface area contributed by atoms with Crippen LogP contribution < -0.4 is 15.5 Å². The minimum absolute atomic E-state index is 0.0579. The molecule has 0 spiro atoms. The Morgan fingerprint density at radius 2 is 1.77 bits per heavy atom. The highest BCUT2D eigenvalue weighted by Gasteiger charge is 2.38. The molecule has 2 atom stereocenters. The minimum atomic E-state index is -0.432. The molecule has 8 heteroatoms. The largest absolute Gasteiger partial charge is 0.494 e. The number of rotatable bonds is 7. The predicted molar refractivity (Wildman–Crippen MR) is 138 cm³/mol. The molecule has 1 aliphatic heterocycles. The highest BCUT2D eigenvalue weighted by atomic mass is 32.2. The maximum Gasteiger partial charge on any atom is 0.236 e. The molecular formula is C27H27N5O2S. The zero-order chi connectivity index (χ0) is 24.2. The van der Waals surface area contributed by atoms with Crippen LogP contribution in [0.2, 0.25) is 0 Å². The van der Waals surface area contributed by atoms with Gasteiger partial charge in [-0.15, -0.1) is 10.2 Å². The highest BCUT2D eigenvalue weighted by molar-refractivity contribution is 8.00. The Bertz CT molecular complexity index is 1290. The summed E-state index contributed by atoms with van der Waals surface area (Å²) < 4.78 is 7.49. The van der Waals surface area contributed by atoms with Crippen LogP contribution >= 0.6 is 11.8 Å². The Hall–Kier alpha value is -3.78. The lowest BCUT2D eigenvalue weighted by Crippen LogP contribution is -2.43. The lowest BCUT2D eigenvalue weighted by molar-refractivity contribution is -0.121. The Labute approximate surface area is 208 Å². The van der Waals surface area contributed by atoms with Crippen LogP contribution in [0.15, 0.2) is 84.0 Å². The average molecular weight is 486 g/mol. The number of ether oxygens (including phenoxy) is 1. The smallest absolute Gasteiger partial charge is 0.236 e. The van der Waals surface area contributed by atoms with Crippen molar-refractivity contribution in [1.82, 2.24) is 20.2 Å². The van der Waals surface area contributed by atoms with Crippen LogP contribution in [-0.2, 0) is 11.3 Å². The molecule has 178 valence electrons. The summed E-state index contributed by atoms with van der Waals surface area (Å²) in [6.07, 6.45) is 0. The van der Waals surface area contributed by atoms with Crippen molar-refractivity contribution >= 4 is 17.7 Å².